The first-order valence-corrected chi connectivity index (χ1v) is 7.62. The number of halogens is 2. The first-order chi connectivity index (χ1) is 8.20. The Hall–Kier alpha value is -0.230. The lowest BCUT2D eigenvalue weighted by molar-refractivity contribution is 0.601. The van der Waals surface area contributed by atoms with E-state index >= 15 is 0 Å². The van der Waals surface area contributed by atoms with Gasteiger partial charge in [0, 0.05) is 27.8 Å². The van der Waals surface area contributed by atoms with Crippen LogP contribution in [0.25, 0.3) is 0 Å². The van der Waals surface area contributed by atoms with Crippen LogP contribution in [0.3, 0.4) is 0 Å². The Balaban J connectivity index is 2.17. The van der Waals surface area contributed by atoms with E-state index < -0.39 is 0 Å². The van der Waals surface area contributed by atoms with Crippen LogP contribution < -0.4 is 5.32 Å². The van der Waals surface area contributed by atoms with Crippen molar-refractivity contribution in [3.05, 3.63) is 49.3 Å². The van der Waals surface area contributed by atoms with Crippen molar-refractivity contribution in [2.75, 3.05) is 7.05 Å². The van der Waals surface area contributed by atoms with Crippen molar-refractivity contribution in [3.63, 3.8) is 0 Å². The molecular weight excluding hydrogens is 364 g/mol. The number of nitrogens with one attached hydrogen (secondary N) is 1. The summed E-state index contributed by atoms with van der Waals surface area (Å²) in [4.78, 5) is 5.46. The van der Waals surface area contributed by atoms with Crippen LogP contribution in [0.4, 0.5) is 0 Å². The summed E-state index contributed by atoms with van der Waals surface area (Å²) in [6, 6.07) is 6.57. The van der Waals surface area contributed by atoms with Gasteiger partial charge in [0.15, 0.2) is 0 Å². The molecule has 0 spiro atoms. The van der Waals surface area contributed by atoms with E-state index in [9.17, 15) is 0 Å². The van der Waals surface area contributed by atoms with Crippen molar-refractivity contribution >= 4 is 43.2 Å². The van der Waals surface area contributed by atoms with Gasteiger partial charge in [-0.05, 0) is 63.0 Å². The number of hydrogen-bond donors (Lipinski definition) is 1. The maximum Gasteiger partial charge on any atom is 0.0843 e. The average molecular weight is 376 g/mol. The van der Waals surface area contributed by atoms with Gasteiger partial charge in [-0.1, -0.05) is 6.07 Å². The van der Waals surface area contributed by atoms with Gasteiger partial charge in [0.2, 0.25) is 0 Å². The summed E-state index contributed by atoms with van der Waals surface area (Å²) < 4.78 is 2.25. The predicted octanol–water partition coefficient (Wildman–Crippen LogP) is 4.17. The smallest absolute Gasteiger partial charge is 0.0843 e. The average Bonchev–Trinajstić information content (AvgIpc) is 2.68. The molecule has 90 valence electrons. The molecule has 1 N–H and O–H groups in total. The van der Waals surface area contributed by atoms with Crippen LogP contribution in [0.15, 0.2) is 38.9 Å². The molecule has 17 heavy (non-hydrogen) atoms. The molecule has 2 heterocycles. The van der Waals surface area contributed by atoms with E-state index in [0.717, 1.165) is 14.7 Å². The second-order valence-electron chi connectivity index (χ2n) is 3.68. The van der Waals surface area contributed by atoms with Crippen molar-refractivity contribution in [3.8, 4) is 0 Å². The summed E-state index contributed by atoms with van der Waals surface area (Å²) in [5.74, 6) is 0. The van der Waals surface area contributed by atoms with Crippen LogP contribution in [-0.2, 0) is 6.42 Å². The predicted molar refractivity (Wildman–Crippen MR) is 79.5 cm³/mol. The summed E-state index contributed by atoms with van der Waals surface area (Å²) in [6.07, 6.45) is 4.67. The minimum atomic E-state index is 0.326. The Morgan fingerprint density at radius 2 is 2.29 bits per heavy atom. The third-order valence-corrected chi connectivity index (χ3v) is 5.89. The zero-order valence-corrected chi connectivity index (χ0v) is 13.3. The second-order valence-corrected chi connectivity index (χ2v) is 6.93. The number of aromatic nitrogens is 1. The lowest BCUT2D eigenvalue weighted by Crippen LogP contribution is -2.17. The van der Waals surface area contributed by atoms with E-state index in [1.54, 1.807) is 17.5 Å². The Labute approximate surface area is 122 Å². The summed E-state index contributed by atoms with van der Waals surface area (Å²) >= 11 is 8.81. The van der Waals surface area contributed by atoms with E-state index in [4.69, 9.17) is 0 Å². The van der Waals surface area contributed by atoms with Crippen LogP contribution in [0.2, 0.25) is 0 Å². The van der Waals surface area contributed by atoms with E-state index in [1.165, 1.54) is 10.4 Å². The highest BCUT2D eigenvalue weighted by Crippen LogP contribution is 2.36. The van der Waals surface area contributed by atoms with Gasteiger partial charge in [0.05, 0.1) is 3.79 Å². The molecule has 0 aliphatic rings. The molecule has 0 bridgehead atoms. The van der Waals surface area contributed by atoms with Gasteiger partial charge >= 0.3 is 0 Å². The highest BCUT2D eigenvalue weighted by molar-refractivity contribution is 9.13. The molecule has 0 fully saturated rings. The Morgan fingerprint density at radius 3 is 2.82 bits per heavy atom. The number of nitrogens with zero attached hydrogens (tertiary/aromatic N) is 1. The van der Waals surface area contributed by atoms with Gasteiger partial charge in [-0.25, -0.2) is 0 Å². The molecule has 2 rings (SSSR count). The topological polar surface area (TPSA) is 24.9 Å². The van der Waals surface area contributed by atoms with Gasteiger partial charge in [-0.15, -0.1) is 11.3 Å². The molecule has 0 aliphatic carbocycles. The zero-order chi connectivity index (χ0) is 12.3. The van der Waals surface area contributed by atoms with Crippen LogP contribution in [-0.4, -0.2) is 12.0 Å². The van der Waals surface area contributed by atoms with Gasteiger partial charge in [0.1, 0.15) is 0 Å². The third-order valence-electron chi connectivity index (χ3n) is 2.52. The molecule has 5 heteroatoms. The fourth-order valence-electron chi connectivity index (χ4n) is 1.63. The van der Waals surface area contributed by atoms with Crippen molar-refractivity contribution in [2.24, 2.45) is 0 Å². The lowest BCUT2D eigenvalue weighted by atomic mass is 10.1. The molecule has 2 aromatic rings. The Kier molecular flexibility index (Phi) is 4.73. The van der Waals surface area contributed by atoms with Gasteiger partial charge in [0.25, 0.3) is 0 Å². The van der Waals surface area contributed by atoms with E-state index in [1.807, 2.05) is 19.3 Å². The van der Waals surface area contributed by atoms with E-state index in [-0.39, 0.29) is 0 Å². The summed E-state index contributed by atoms with van der Waals surface area (Å²) in [7, 11) is 1.99. The van der Waals surface area contributed by atoms with Crippen molar-refractivity contribution in [2.45, 2.75) is 12.5 Å². The first-order valence-electron chi connectivity index (χ1n) is 5.21. The SMILES string of the molecule is CNC(Cc1cccnc1)c1cc(Br)c(Br)s1. The molecule has 1 atom stereocenters. The molecule has 0 amide bonds. The Morgan fingerprint density at radius 1 is 1.47 bits per heavy atom. The second kappa shape index (κ2) is 6.09. The molecule has 2 aromatic heterocycles. The number of thiophene rings is 1. The minimum absolute atomic E-state index is 0.326. The summed E-state index contributed by atoms with van der Waals surface area (Å²) in [5.41, 5.74) is 1.24. The molecule has 0 aliphatic heterocycles. The highest BCUT2D eigenvalue weighted by Gasteiger charge is 2.14. The van der Waals surface area contributed by atoms with Crippen LogP contribution in [0.5, 0.6) is 0 Å². The zero-order valence-electron chi connectivity index (χ0n) is 9.28. The van der Waals surface area contributed by atoms with Gasteiger partial charge in [-0.2, -0.15) is 0 Å². The molecule has 2 nitrogen and oxygen atoms in total. The monoisotopic (exact) mass is 374 g/mol. The normalized spacial score (nSPS) is 12.6. The van der Waals surface area contributed by atoms with Crippen LogP contribution in [0.1, 0.15) is 16.5 Å². The molecule has 0 saturated carbocycles. The van der Waals surface area contributed by atoms with Crippen molar-refractivity contribution in [1.82, 2.24) is 10.3 Å². The largest absolute Gasteiger partial charge is 0.312 e. The standard InChI is InChI=1S/C12H12Br2N2S/c1-15-10(5-8-3-2-4-16-7-8)11-6-9(13)12(14)17-11/h2-4,6-7,10,15H,5H2,1H3. The van der Waals surface area contributed by atoms with E-state index in [0.29, 0.717) is 6.04 Å². The quantitative estimate of drug-likeness (QED) is 0.867. The summed E-state index contributed by atoms with van der Waals surface area (Å²) in [5, 5.41) is 3.35. The number of rotatable bonds is 4. The van der Waals surface area contributed by atoms with Crippen molar-refractivity contribution in [1.29, 1.82) is 0 Å². The molecular formula is C12H12Br2N2S. The van der Waals surface area contributed by atoms with Crippen molar-refractivity contribution < 1.29 is 0 Å². The highest BCUT2D eigenvalue weighted by atomic mass is 79.9. The maximum absolute atomic E-state index is 4.15. The maximum atomic E-state index is 4.15. The fourth-order valence-corrected chi connectivity index (χ4v) is 3.83. The van der Waals surface area contributed by atoms with Gasteiger partial charge < -0.3 is 5.32 Å². The third kappa shape index (κ3) is 3.37. The number of hydrogen-bond acceptors (Lipinski definition) is 3. The van der Waals surface area contributed by atoms with E-state index in [2.05, 4.69) is 54.3 Å². The summed E-state index contributed by atoms with van der Waals surface area (Å²) in [6.45, 7) is 0. The molecule has 0 aromatic carbocycles. The first kappa shape index (κ1) is 13.2. The molecule has 0 radical (unpaired) electrons. The van der Waals surface area contributed by atoms with Crippen LogP contribution in [0, 0.1) is 0 Å². The number of likely N-dealkylation sites (N-methyl/N-ethyl adjacent to an activating group) is 1. The minimum Gasteiger partial charge on any atom is -0.312 e. The number of pyridine rings is 1. The molecule has 1 unspecified atom stereocenters. The lowest BCUT2D eigenvalue weighted by Gasteiger charge is -2.14. The van der Waals surface area contributed by atoms with Crippen LogP contribution >= 0.6 is 43.2 Å². The Bertz CT molecular complexity index is 465. The van der Waals surface area contributed by atoms with Gasteiger partial charge in [-0.3, -0.25) is 4.98 Å². The fraction of sp³-hybridized carbons (Fsp3) is 0.250. The molecule has 0 saturated heterocycles.